The van der Waals surface area contributed by atoms with Crippen molar-refractivity contribution < 1.29 is 0 Å². The van der Waals surface area contributed by atoms with Gasteiger partial charge in [0.05, 0.1) is 10.2 Å². The highest BCUT2D eigenvalue weighted by atomic mass is 79.9. The van der Waals surface area contributed by atoms with E-state index in [4.69, 9.17) is 11.6 Å². The van der Waals surface area contributed by atoms with Crippen LogP contribution < -0.4 is 11.0 Å². The van der Waals surface area contributed by atoms with Crippen molar-refractivity contribution in [2.24, 2.45) is 0 Å². The summed E-state index contributed by atoms with van der Waals surface area (Å²) in [7, 11) is 0. The van der Waals surface area contributed by atoms with Gasteiger partial charge in [-0.05, 0) is 54.0 Å². The van der Waals surface area contributed by atoms with E-state index in [9.17, 15) is 4.79 Å². The summed E-state index contributed by atoms with van der Waals surface area (Å²) in [6, 6.07) is 7.46. The number of nitrogens with one attached hydrogen (secondary N) is 1. The number of hydrogen-bond donors (Lipinski definition) is 1. The molecular weight excluding hydrogens is 342 g/mol. The van der Waals surface area contributed by atoms with E-state index in [1.807, 2.05) is 38.1 Å². The van der Waals surface area contributed by atoms with Crippen molar-refractivity contribution in [2.45, 2.75) is 20.4 Å². The van der Waals surface area contributed by atoms with Gasteiger partial charge < -0.3 is 5.32 Å². The minimum Gasteiger partial charge on any atom is -0.383 e. The Balaban J connectivity index is 2.06. The number of nitrogens with zero attached hydrogens (tertiary/aromatic N) is 2. The Bertz CT molecular complexity index is 667. The molecular formula is C14H15BrClN3O. The predicted molar refractivity (Wildman–Crippen MR) is 85.6 cm³/mol. The first-order chi connectivity index (χ1) is 9.49. The molecule has 4 nitrogen and oxygen atoms in total. The van der Waals surface area contributed by atoms with Crippen molar-refractivity contribution in [1.82, 2.24) is 9.55 Å². The molecule has 0 aliphatic heterocycles. The second-order valence-electron chi connectivity index (χ2n) is 4.46. The van der Waals surface area contributed by atoms with Gasteiger partial charge in [0.2, 0.25) is 0 Å². The highest BCUT2D eigenvalue weighted by molar-refractivity contribution is 9.10. The Hall–Kier alpha value is -1.33. The number of hydrogen-bond acceptors (Lipinski definition) is 3. The van der Waals surface area contributed by atoms with E-state index >= 15 is 0 Å². The van der Waals surface area contributed by atoms with Crippen LogP contribution in [0.25, 0.3) is 0 Å². The zero-order valence-electron chi connectivity index (χ0n) is 11.3. The van der Waals surface area contributed by atoms with Gasteiger partial charge in [0.25, 0.3) is 0 Å². The SMILES string of the molecule is Cc1nc(=O)n(CCNc2ccc(Cl)cc2)c(C)c1Br. The molecule has 0 radical (unpaired) electrons. The smallest absolute Gasteiger partial charge is 0.348 e. The monoisotopic (exact) mass is 355 g/mol. The van der Waals surface area contributed by atoms with Crippen LogP contribution in [0.3, 0.4) is 0 Å². The number of halogens is 2. The van der Waals surface area contributed by atoms with E-state index in [2.05, 4.69) is 26.2 Å². The summed E-state index contributed by atoms with van der Waals surface area (Å²) >= 11 is 9.28. The number of anilines is 1. The molecule has 1 N–H and O–H groups in total. The van der Waals surface area contributed by atoms with Gasteiger partial charge in [-0.2, -0.15) is 4.98 Å². The van der Waals surface area contributed by atoms with Gasteiger partial charge in [-0.15, -0.1) is 0 Å². The third-order valence-electron chi connectivity index (χ3n) is 3.04. The largest absolute Gasteiger partial charge is 0.383 e. The standard InChI is InChI=1S/C14H15BrClN3O/c1-9-13(15)10(2)19(14(20)18-9)8-7-17-12-5-3-11(16)4-6-12/h3-6,17H,7-8H2,1-2H3. The normalized spacial score (nSPS) is 10.6. The lowest BCUT2D eigenvalue weighted by Gasteiger charge is -2.13. The van der Waals surface area contributed by atoms with Gasteiger partial charge in [0, 0.05) is 29.5 Å². The fourth-order valence-corrected chi connectivity index (χ4v) is 2.35. The Kier molecular flexibility index (Phi) is 4.83. The van der Waals surface area contributed by atoms with Gasteiger partial charge in [0.1, 0.15) is 0 Å². The Morgan fingerprint density at radius 1 is 1.30 bits per heavy atom. The minimum atomic E-state index is -0.221. The average Bonchev–Trinajstić information content (AvgIpc) is 2.42. The maximum absolute atomic E-state index is 11.9. The quantitative estimate of drug-likeness (QED) is 0.913. The van der Waals surface area contributed by atoms with E-state index in [0.29, 0.717) is 18.1 Å². The van der Waals surface area contributed by atoms with Crippen molar-refractivity contribution >= 4 is 33.2 Å². The van der Waals surface area contributed by atoms with E-state index in [0.717, 1.165) is 21.5 Å². The van der Waals surface area contributed by atoms with Crippen LogP contribution in [-0.4, -0.2) is 16.1 Å². The summed E-state index contributed by atoms with van der Waals surface area (Å²) in [6.45, 7) is 4.91. The van der Waals surface area contributed by atoms with E-state index in [1.54, 1.807) is 4.57 Å². The van der Waals surface area contributed by atoms with Crippen LogP contribution >= 0.6 is 27.5 Å². The molecule has 1 aromatic heterocycles. The lowest BCUT2D eigenvalue weighted by atomic mass is 10.3. The first-order valence-electron chi connectivity index (χ1n) is 6.22. The molecule has 20 heavy (non-hydrogen) atoms. The predicted octanol–water partition coefficient (Wildman–Crippen LogP) is 3.39. The third-order valence-corrected chi connectivity index (χ3v) is 4.44. The highest BCUT2D eigenvalue weighted by Crippen LogP contribution is 2.17. The van der Waals surface area contributed by atoms with Gasteiger partial charge in [-0.3, -0.25) is 4.57 Å². The van der Waals surface area contributed by atoms with E-state index in [1.165, 1.54) is 0 Å². The second-order valence-corrected chi connectivity index (χ2v) is 5.69. The topological polar surface area (TPSA) is 46.9 Å². The molecule has 0 amide bonds. The van der Waals surface area contributed by atoms with Crippen molar-refractivity contribution in [3.63, 3.8) is 0 Å². The summed E-state index contributed by atoms with van der Waals surface area (Å²) in [4.78, 5) is 15.9. The molecule has 2 aromatic rings. The zero-order chi connectivity index (χ0) is 14.7. The zero-order valence-corrected chi connectivity index (χ0v) is 13.6. The maximum atomic E-state index is 11.9. The fraction of sp³-hybridized carbons (Fsp3) is 0.286. The summed E-state index contributed by atoms with van der Waals surface area (Å²) in [6.07, 6.45) is 0. The number of aryl methyl sites for hydroxylation is 1. The minimum absolute atomic E-state index is 0.221. The van der Waals surface area contributed by atoms with Crippen LogP contribution in [0.15, 0.2) is 33.5 Å². The van der Waals surface area contributed by atoms with Crippen molar-refractivity contribution in [3.05, 3.63) is 55.6 Å². The highest BCUT2D eigenvalue weighted by Gasteiger charge is 2.08. The first-order valence-corrected chi connectivity index (χ1v) is 7.39. The van der Waals surface area contributed by atoms with Crippen LogP contribution in [0, 0.1) is 13.8 Å². The molecule has 1 aromatic carbocycles. The van der Waals surface area contributed by atoms with Crippen LogP contribution in [-0.2, 0) is 6.54 Å². The lowest BCUT2D eigenvalue weighted by Crippen LogP contribution is -2.29. The van der Waals surface area contributed by atoms with Crippen LogP contribution in [0.2, 0.25) is 5.02 Å². The maximum Gasteiger partial charge on any atom is 0.348 e. The van der Waals surface area contributed by atoms with Gasteiger partial charge in [-0.25, -0.2) is 4.79 Å². The molecule has 0 unspecified atom stereocenters. The van der Waals surface area contributed by atoms with E-state index < -0.39 is 0 Å². The van der Waals surface area contributed by atoms with Crippen molar-refractivity contribution in [2.75, 3.05) is 11.9 Å². The van der Waals surface area contributed by atoms with Gasteiger partial charge in [0.15, 0.2) is 0 Å². The first kappa shape index (κ1) is 15.1. The number of aromatic nitrogens is 2. The third kappa shape index (κ3) is 3.41. The molecule has 0 spiro atoms. The Labute approximate surface area is 130 Å². The lowest BCUT2D eigenvalue weighted by molar-refractivity contribution is 0.643. The molecule has 0 bridgehead atoms. The average molecular weight is 357 g/mol. The summed E-state index contributed by atoms with van der Waals surface area (Å²) in [5.41, 5.74) is 2.36. The summed E-state index contributed by atoms with van der Waals surface area (Å²) in [5, 5.41) is 3.95. The number of benzene rings is 1. The fourth-order valence-electron chi connectivity index (χ4n) is 1.92. The molecule has 2 rings (SSSR count). The molecule has 0 saturated heterocycles. The summed E-state index contributed by atoms with van der Waals surface area (Å²) in [5.74, 6) is 0. The van der Waals surface area contributed by atoms with Crippen molar-refractivity contribution in [1.29, 1.82) is 0 Å². The molecule has 6 heteroatoms. The van der Waals surface area contributed by atoms with Gasteiger partial charge >= 0.3 is 5.69 Å². The molecule has 106 valence electrons. The molecule has 0 fully saturated rings. The van der Waals surface area contributed by atoms with E-state index in [-0.39, 0.29) is 5.69 Å². The molecule has 0 aliphatic carbocycles. The summed E-state index contributed by atoms with van der Waals surface area (Å²) < 4.78 is 2.53. The molecule has 1 heterocycles. The van der Waals surface area contributed by atoms with Crippen LogP contribution in [0.4, 0.5) is 5.69 Å². The number of rotatable bonds is 4. The molecule has 0 saturated carbocycles. The van der Waals surface area contributed by atoms with Crippen LogP contribution in [0.1, 0.15) is 11.4 Å². The van der Waals surface area contributed by atoms with Crippen molar-refractivity contribution in [3.8, 4) is 0 Å². The van der Waals surface area contributed by atoms with Gasteiger partial charge in [-0.1, -0.05) is 11.6 Å². The Morgan fingerprint density at radius 3 is 2.60 bits per heavy atom. The molecule has 0 aliphatic rings. The second kappa shape index (κ2) is 6.41. The van der Waals surface area contributed by atoms with Crippen LogP contribution in [0.5, 0.6) is 0 Å². The molecule has 0 atom stereocenters. The Morgan fingerprint density at radius 2 is 1.95 bits per heavy atom.